The van der Waals surface area contributed by atoms with Crippen LogP contribution in [0.4, 0.5) is 5.69 Å². The predicted molar refractivity (Wildman–Crippen MR) is 112 cm³/mol. The van der Waals surface area contributed by atoms with Crippen molar-refractivity contribution in [3.63, 3.8) is 0 Å². The smallest absolute Gasteiger partial charge is 0.255 e. The summed E-state index contributed by atoms with van der Waals surface area (Å²) < 4.78 is 33.8. The summed E-state index contributed by atoms with van der Waals surface area (Å²) in [6, 6.07) is 15.3. The first-order valence-corrected chi connectivity index (χ1v) is 11.0. The molecular weight excluding hydrogens is 404 g/mol. The lowest BCUT2D eigenvalue weighted by Crippen LogP contribution is -2.40. The molecule has 9 heteroatoms. The van der Waals surface area contributed by atoms with Gasteiger partial charge in [-0.15, -0.1) is 0 Å². The minimum atomic E-state index is -3.58. The number of ether oxygens (including phenoxy) is 1. The Morgan fingerprint density at radius 3 is 2.37 bits per heavy atom. The molecule has 1 aliphatic heterocycles. The number of rotatable bonds is 6. The van der Waals surface area contributed by atoms with E-state index in [0.717, 1.165) is 5.56 Å². The average molecular weight is 426 g/mol. The molecule has 2 heterocycles. The molecule has 1 aromatic heterocycles. The van der Waals surface area contributed by atoms with Crippen LogP contribution in [0.25, 0.3) is 0 Å². The van der Waals surface area contributed by atoms with Crippen LogP contribution in [0.5, 0.6) is 0 Å². The number of hydrogen-bond acceptors (Lipinski definition) is 5. The highest BCUT2D eigenvalue weighted by molar-refractivity contribution is 7.89. The van der Waals surface area contributed by atoms with E-state index in [4.69, 9.17) is 4.74 Å². The quantitative estimate of drug-likeness (QED) is 0.652. The Kier molecular flexibility index (Phi) is 5.93. The van der Waals surface area contributed by atoms with E-state index in [9.17, 15) is 13.2 Å². The van der Waals surface area contributed by atoms with Crippen LogP contribution in [0.3, 0.4) is 0 Å². The van der Waals surface area contributed by atoms with Crippen molar-refractivity contribution in [2.45, 2.75) is 11.4 Å². The van der Waals surface area contributed by atoms with Crippen LogP contribution in [0, 0.1) is 0 Å². The van der Waals surface area contributed by atoms with Gasteiger partial charge in [-0.25, -0.2) is 8.42 Å². The number of hydrogen-bond donors (Lipinski definition) is 1. The number of morpholine rings is 1. The van der Waals surface area contributed by atoms with Crippen molar-refractivity contribution in [3.05, 3.63) is 78.1 Å². The van der Waals surface area contributed by atoms with Gasteiger partial charge in [0.15, 0.2) is 0 Å². The lowest BCUT2D eigenvalue weighted by atomic mass is 10.2. The Morgan fingerprint density at radius 2 is 1.73 bits per heavy atom. The number of carbonyl (C=O) groups is 1. The second kappa shape index (κ2) is 8.78. The highest BCUT2D eigenvalue weighted by Crippen LogP contribution is 2.19. The first kappa shape index (κ1) is 20.3. The molecule has 3 aromatic rings. The average Bonchev–Trinajstić information content (AvgIpc) is 3.29. The van der Waals surface area contributed by atoms with Gasteiger partial charge in [-0.2, -0.15) is 9.40 Å². The van der Waals surface area contributed by atoms with E-state index < -0.39 is 10.0 Å². The highest BCUT2D eigenvalue weighted by atomic mass is 32.2. The van der Waals surface area contributed by atoms with Crippen LogP contribution in [-0.4, -0.2) is 54.7 Å². The van der Waals surface area contributed by atoms with E-state index in [-0.39, 0.29) is 10.8 Å². The molecule has 0 atom stereocenters. The maximum atomic E-state index is 12.7. The van der Waals surface area contributed by atoms with Gasteiger partial charge in [-0.05, 0) is 48.0 Å². The van der Waals surface area contributed by atoms with Crippen LogP contribution in [0.15, 0.2) is 71.9 Å². The molecule has 1 N–H and O–H groups in total. The van der Waals surface area contributed by atoms with Crippen LogP contribution in [-0.2, 0) is 21.3 Å². The summed E-state index contributed by atoms with van der Waals surface area (Å²) in [5.74, 6) is -0.301. The van der Waals surface area contributed by atoms with E-state index >= 15 is 0 Å². The van der Waals surface area contributed by atoms with E-state index in [0.29, 0.717) is 44.1 Å². The number of amides is 1. The largest absolute Gasteiger partial charge is 0.379 e. The molecule has 1 fully saturated rings. The Balaban J connectivity index is 1.40. The molecule has 0 aliphatic carbocycles. The van der Waals surface area contributed by atoms with Crippen molar-refractivity contribution in [1.29, 1.82) is 0 Å². The van der Waals surface area contributed by atoms with Crippen LogP contribution in [0.2, 0.25) is 0 Å². The zero-order valence-corrected chi connectivity index (χ0v) is 17.1. The summed E-state index contributed by atoms with van der Waals surface area (Å²) in [6.45, 7) is 2.10. The molecule has 0 spiro atoms. The van der Waals surface area contributed by atoms with E-state index in [2.05, 4.69) is 10.4 Å². The van der Waals surface area contributed by atoms with Crippen LogP contribution >= 0.6 is 0 Å². The van der Waals surface area contributed by atoms with Gasteiger partial charge in [-0.3, -0.25) is 9.48 Å². The third-order valence-electron chi connectivity index (χ3n) is 4.84. The van der Waals surface area contributed by atoms with Gasteiger partial charge in [0.25, 0.3) is 5.91 Å². The number of anilines is 1. The Labute approximate surface area is 175 Å². The van der Waals surface area contributed by atoms with E-state index in [1.807, 2.05) is 41.2 Å². The van der Waals surface area contributed by atoms with Crippen molar-refractivity contribution in [3.8, 4) is 0 Å². The lowest BCUT2D eigenvalue weighted by Gasteiger charge is -2.26. The molecule has 0 saturated carbocycles. The summed E-state index contributed by atoms with van der Waals surface area (Å²) in [5, 5.41) is 7.00. The maximum absolute atomic E-state index is 12.7. The molecule has 156 valence electrons. The summed E-state index contributed by atoms with van der Waals surface area (Å²) >= 11 is 0. The first-order chi connectivity index (χ1) is 14.5. The summed E-state index contributed by atoms with van der Waals surface area (Å²) in [7, 11) is -3.58. The molecule has 30 heavy (non-hydrogen) atoms. The number of sulfonamides is 1. The van der Waals surface area contributed by atoms with Crippen molar-refractivity contribution < 1.29 is 17.9 Å². The highest BCUT2D eigenvalue weighted by Gasteiger charge is 2.26. The SMILES string of the molecule is O=C(Nc1ccc(Cn2cccn2)cc1)c1ccc(S(=O)(=O)N2CCOCC2)cc1. The number of benzene rings is 2. The summed E-state index contributed by atoms with van der Waals surface area (Å²) in [6.07, 6.45) is 3.62. The number of nitrogens with one attached hydrogen (secondary N) is 1. The Hall–Kier alpha value is -3.01. The first-order valence-electron chi connectivity index (χ1n) is 9.58. The van der Waals surface area contributed by atoms with Crippen molar-refractivity contribution in [2.75, 3.05) is 31.6 Å². The molecule has 0 bridgehead atoms. The van der Waals surface area contributed by atoms with Gasteiger partial charge >= 0.3 is 0 Å². The normalized spacial score (nSPS) is 15.1. The van der Waals surface area contributed by atoms with Crippen LogP contribution < -0.4 is 5.32 Å². The maximum Gasteiger partial charge on any atom is 0.255 e. The van der Waals surface area contributed by atoms with Gasteiger partial charge < -0.3 is 10.1 Å². The zero-order chi connectivity index (χ0) is 21.0. The molecular formula is C21H22N4O4S. The summed E-state index contributed by atoms with van der Waals surface area (Å²) in [5.41, 5.74) is 2.11. The van der Waals surface area contributed by atoms with Gasteiger partial charge in [0, 0.05) is 36.7 Å². The predicted octanol–water partition coefficient (Wildman–Crippen LogP) is 2.20. The molecule has 1 aliphatic rings. The third-order valence-corrected chi connectivity index (χ3v) is 6.75. The molecule has 1 amide bonds. The monoisotopic (exact) mass is 426 g/mol. The standard InChI is InChI=1S/C21H22N4O4S/c26-21(23-19-6-2-17(3-7-19)16-24-11-1-10-22-24)18-4-8-20(9-5-18)30(27,28)25-12-14-29-15-13-25/h1-11H,12-16H2,(H,23,26). The van der Waals surface area contributed by atoms with E-state index in [1.165, 1.54) is 28.6 Å². The van der Waals surface area contributed by atoms with Gasteiger partial charge in [0.1, 0.15) is 0 Å². The number of aromatic nitrogens is 2. The fourth-order valence-electron chi connectivity index (χ4n) is 3.19. The van der Waals surface area contributed by atoms with Crippen molar-refractivity contribution in [1.82, 2.24) is 14.1 Å². The van der Waals surface area contributed by atoms with Gasteiger partial charge in [-0.1, -0.05) is 12.1 Å². The van der Waals surface area contributed by atoms with Gasteiger partial charge in [0.2, 0.25) is 10.0 Å². The second-order valence-corrected chi connectivity index (χ2v) is 8.83. The molecule has 0 unspecified atom stereocenters. The van der Waals surface area contributed by atoms with Gasteiger partial charge in [0.05, 0.1) is 24.7 Å². The number of nitrogens with zero attached hydrogens (tertiary/aromatic N) is 3. The minimum Gasteiger partial charge on any atom is -0.379 e. The Bertz CT molecular complexity index is 1090. The topological polar surface area (TPSA) is 93.5 Å². The fourth-order valence-corrected chi connectivity index (χ4v) is 4.60. The van der Waals surface area contributed by atoms with Crippen molar-refractivity contribution in [2.24, 2.45) is 0 Å². The molecule has 1 saturated heterocycles. The lowest BCUT2D eigenvalue weighted by molar-refractivity contribution is 0.0730. The molecule has 8 nitrogen and oxygen atoms in total. The molecule has 4 rings (SSSR count). The van der Waals surface area contributed by atoms with Crippen LogP contribution in [0.1, 0.15) is 15.9 Å². The molecule has 0 radical (unpaired) electrons. The summed E-state index contributed by atoms with van der Waals surface area (Å²) in [4.78, 5) is 12.7. The zero-order valence-electron chi connectivity index (χ0n) is 16.3. The third kappa shape index (κ3) is 4.59. The fraction of sp³-hybridized carbons (Fsp3) is 0.238. The molecule has 2 aromatic carbocycles. The van der Waals surface area contributed by atoms with E-state index in [1.54, 1.807) is 6.20 Å². The number of carbonyl (C=O) groups excluding carboxylic acids is 1. The van der Waals surface area contributed by atoms with Crippen molar-refractivity contribution >= 4 is 21.6 Å². The second-order valence-electron chi connectivity index (χ2n) is 6.90. The minimum absolute atomic E-state index is 0.170. The Morgan fingerprint density at radius 1 is 1.03 bits per heavy atom.